The fraction of sp³-hybridized carbons (Fsp3) is 0.231. The average molecular weight is 316 g/mol. The van der Waals surface area contributed by atoms with Gasteiger partial charge in [-0.05, 0) is 40.9 Å². The Hall–Kier alpha value is -1.82. The summed E-state index contributed by atoms with van der Waals surface area (Å²) in [5.74, 6) is 2.16. The number of halogens is 1. The van der Waals surface area contributed by atoms with Crippen LogP contribution in [0.15, 0.2) is 34.9 Å². The molecular weight excluding hydrogens is 306 g/mol. The van der Waals surface area contributed by atoms with Crippen molar-refractivity contribution in [3.63, 3.8) is 0 Å². The maximum absolute atomic E-state index is 4.61. The van der Waals surface area contributed by atoms with Gasteiger partial charge in [-0.3, -0.25) is 0 Å². The van der Waals surface area contributed by atoms with Gasteiger partial charge in [0, 0.05) is 12.0 Å². The van der Waals surface area contributed by atoms with E-state index in [1.54, 1.807) is 4.68 Å². The Balaban J connectivity index is 1.91. The molecule has 94 valence electrons. The van der Waals surface area contributed by atoms with E-state index in [1.807, 2.05) is 30.3 Å². The van der Waals surface area contributed by atoms with Crippen molar-refractivity contribution in [1.82, 2.24) is 25.0 Å². The Kier molecular flexibility index (Phi) is 2.38. The summed E-state index contributed by atoms with van der Waals surface area (Å²) in [7, 11) is 0. The molecule has 1 aromatic carbocycles. The van der Waals surface area contributed by atoms with Crippen molar-refractivity contribution in [2.75, 3.05) is 0 Å². The maximum Gasteiger partial charge on any atom is 0.160 e. The van der Waals surface area contributed by atoms with Crippen LogP contribution in [0.2, 0.25) is 0 Å². The van der Waals surface area contributed by atoms with Crippen molar-refractivity contribution in [2.45, 2.75) is 18.8 Å². The number of hydrogen-bond acceptors (Lipinski definition) is 4. The zero-order valence-electron chi connectivity index (χ0n) is 9.99. The van der Waals surface area contributed by atoms with E-state index >= 15 is 0 Å². The molecule has 0 unspecified atom stereocenters. The number of aromatic nitrogens is 5. The molecule has 1 saturated carbocycles. The van der Waals surface area contributed by atoms with E-state index in [9.17, 15) is 0 Å². The predicted molar refractivity (Wildman–Crippen MR) is 74.1 cm³/mol. The van der Waals surface area contributed by atoms with E-state index in [0.717, 1.165) is 27.3 Å². The van der Waals surface area contributed by atoms with Gasteiger partial charge in [-0.15, -0.1) is 5.10 Å². The molecule has 6 heteroatoms. The van der Waals surface area contributed by atoms with Gasteiger partial charge in [-0.2, -0.15) is 4.68 Å². The molecule has 0 amide bonds. The van der Waals surface area contributed by atoms with Gasteiger partial charge >= 0.3 is 0 Å². The summed E-state index contributed by atoms with van der Waals surface area (Å²) in [6.45, 7) is 0. The fourth-order valence-electron chi connectivity index (χ4n) is 2.09. The summed E-state index contributed by atoms with van der Waals surface area (Å²) in [4.78, 5) is 9.04. The Labute approximate surface area is 117 Å². The van der Waals surface area contributed by atoms with Crippen LogP contribution in [0.4, 0.5) is 0 Å². The Morgan fingerprint density at radius 1 is 1.16 bits per heavy atom. The number of para-hydroxylation sites is 1. The fourth-order valence-corrected chi connectivity index (χ4v) is 2.48. The first-order valence-electron chi connectivity index (χ1n) is 6.16. The van der Waals surface area contributed by atoms with Gasteiger partial charge in [0.2, 0.25) is 0 Å². The first kappa shape index (κ1) is 11.0. The number of nitrogens with zero attached hydrogens (tertiary/aromatic N) is 5. The molecule has 5 nitrogen and oxygen atoms in total. The van der Waals surface area contributed by atoms with Gasteiger partial charge in [0.25, 0.3) is 0 Å². The van der Waals surface area contributed by atoms with Crippen molar-refractivity contribution in [2.24, 2.45) is 0 Å². The van der Waals surface area contributed by atoms with Crippen LogP contribution in [0.3, 0.4) is 0 Å². The molecule has 0 aliphatic heterocycles. The van der Waals surface area contributed by atoms with Crippen molar-refractivity contribution in [3.8, 4) is 5.82 Å². The number of benzene rings is 1. The van der Waals surface area contributed by atoms with Crippen LogP contribution in [-0.4, -0.2) is 25.0 Å². The second-order valence-corrected chi connectivity index (χ2v) is 5.48. The Morgan fingerprint density at radius 2 is 2.00 bits per heavy atom. The topological polar surface area (TPSA) is 56.5 Å². The van der Waals surface area contributed by atoms with E-state index in [4.69, 9.17) is 0 Å². The molecular formula is C13H10BrN5. The van der Waals surface area contributed by atoms with Gasteiger partial charge in [0.1, 0.15) is 15.9 Å². The number of hydrogen-bond donors (Lipinski definition) is 0. The zero-order chi connectivity index (χ0) is 12.8. The molecule has 0 N–H and O–H groups in total. The highest BCUT2D eigenvalue weighted by atomic mass is 79.9. The van der Waals surface area contributed by atoms with Gasteiger partial charge in [0.15, 0.2) is 5.82 Å². The Bertz CT molecular complexity index is 763. The lowest BCUT2D eigenvalue weighted by molar-refractivity contribution is 0.777. The number of fused-ring (bicyclic) bond motifs is 1. The molecule has 0 bridgehead atoms. The largest absolute Gasteiger partial charge is 0.226 e. The molecule has 2 heterocycles. The van der Waals surface area contributed by atoms with Gasteiger partial charge in [0.05, 0.1) is 5.52 Å². The average Bonchev–Trinajstić information content (AvgIpc) is 3.18. The van der Waals surface area contributed by atoms with Crippen LogP contribution in [0.5, 0.6) is 0 Å². The molecule has 0 spiro atoms. The van der Waals surface area contributed by atoms with Crippen molar-refractivity contribution < 1.29 is 0 Å². The third-order valence-corrected chi connectivity index (χ3v) is 3.62. The highest BCUT2D eigenvalue weighted by Gasteiger charge is 2.27. The molecule has 2 aromatic heterocycles. The van der Waals surface area contributed by atoms with Crippen LogP contribution in [0.25, 0.3) is 16.9 Å². The summed E-state index contributed by atoms with van der Waals surface area (Å²) in [6.07, 6.45) is 2.35. The molecule has 3 aromatic rings. The lowest BCUT2D eigenvalue weighted by Gasteiger charge is -2.04. The summed E-state index contributed by atoms with van der Waals surface area (Å²) in [6, 6.07) is 9.72. The minimum Gasteiger partial charge on any atom is -0.226 e. The highest BCUT2D eigenvalue weighted by molar-refractivity contribution is 9.10. The third kappa shape index (κ3) is 1.92. The molecule has 0 atom stereocenters. The lowest BCUT2D eigenvalue weighted by atomic mass is 10.3. The van der Waals surface area contributed by atoms with Crippen LogP contribution in [-0.2, 0) is 0 Å². The van der Waals surface area contributed by atoms with E-state index < -0.39 is 0 Å². The molecule has 1 aliphatic rings. The monoisotopic (exact) mass is 315 g/mol. The normalized spacial score (nSPS) is 15.0. The molecule has 4 rings (SSSR count). The minimum absolute atomic E-state index is 0.506. The van der Waals surface area contributed by atoms with E-state index in [-0.39, 0.29) is 0 Å². The molecule has 0 saturated heterocycles. The van der Waals surface area contributed by atoms with Crippen LogP contribution < -0.4 is 0 Å². The quantitative estimate of drug-likeness (QED) is 0.682. The first-order chi connectivity index (χ1) is 9.31. The van der Waals surface area contributed by atoms with Crippen LogP contribution in [0.1, 0.15) is 24.6 Å². The highest BCUT2D eigenvalue weighted by Crippen LogP contribution is 2.38. The molecule has 1 aliphatic carbocycles. The van der Waals surface area contributed by atoms with Crippen molar-refractivity contribution >= 4 is 27.0 Å². The van der Waals surface area contributed by atoms with Crippen LogP contribution in [0, 0.1) is 0 Å². The molecule has 19 heavy (non-hydrogen) atoms. The Morgan fingerprint density at radius 3 is 2.84 bits per heavy atom. The second kappa shape index (κ2) is 4.09. The lowest BCUT2D eigenvalue weighted by Crippen LogP contribution is -2.04. The summed E-state index contributed by atoms with van der Waals surface area (Å²) < 4.78 is 2.55. The molecule has 0 radical (unpaired) electrons. The van der Waals surface area contributed by atoms with Gasteiger partial charge < -0.3 is 0 Å². The van der Waals surface area contributed by atoms with Gasteiger partial charge in [-0.1, -0.05) is 17.3 Å². The second-order valence-electron chi connectivity index (χ2n) is 4.67. The first-order valence-corrected chi connectivity index (χ1v) is 6.96. The SMILES string of the molecule is Brc1cc(-n2nnc3ccccc32)nc(C2CC2)n1. The van der Waals surface area contributed by atoms with Crippen molar-refractivity contribution in [3.05, 3.63) is 40.8 Å². The standard InChI is InChI=1S/C13H10BrN5/c14-11-7-12(16-13(15-11)8-5-6-8)19-10-4-2-1-3-9(10)17-18-19/h1-4,7-8H,5-6H2. The van der Waals surface area contributed by atoms with Gasteiger partial charge in [-0.25, -0.2) is 9.97 Å². The summed E-state index contributed by atoms with van der Waals surface area (Å²) in [5, 5.41) is 8.34. The molecule has 1 fully saturated rings. The smallest absolute Gasteiger partial charge is 0.160 e. The van der Waals surface area contributed by atoms with Crippen molar-refractivity contribution in [1.29, 1.82) is 0 Å². The van der Waals surface area contributed by atoms with E-state index in [1.165, 1.54) is 12.8 Å². The van der Waals surface area contributed by atoms with Crippen LogP contribution >= 0.6 is 15.9 Å². The predicted octanol–water partition coefficient (Wildman–Crippen LogP) is 2.85. The maximum atomic E-state index is 4.61. The number of rotatable bonds is 2. The van der Waals surface area contributed by atoms with E-state index in [2.05, 4.69) is 36.2 Å². The summed E-state index contributed by atoms with van der Waals surface area (Å²) in [5.41, 5.74) is 1.82. The zero-order valence-corrected chi connectivity index (χ0v) is 11.6. The minimum atomic E-state index is 0.506. The summed E-state index contributed by atoms with van der Waals surface area (Å²) >= 11 is 3.45. The third-order valence-electron chi connectivity index (χ3n) is 3.21. The van der Waals surface area contributed by atoms with E-state index in [0.29, 0.717) is 5.92 Å².